The summed E-state index contributed by atoms with van der Waals surface area (Å²) in [6.45, 7) is 3.25. The molecule has 6 nitrogen and oxygen atoms in total. The molecule has 1 N–H and O–H groups in total. The van der Waals surface area contributed by atoms with E-state index >= 15 is 0 Å². The van der Waals surface area contributed by atoms with Crippen molar-refractivity contribution in [2.24, 2.45) is 0 Å². The fourth-order valence-corrected chi connectivity index (χ4v) is 2.46. The maximum Gasteiger partial charge on any atom is 0.256 e. The zero-order valence-electron chi connectivity index (χ0n) is 9.13. The van der Waals surface area contributed by atoms with Crippen molar-refractivity contribution in [3.05, 3.63) is 0 Å². The van der Waals surface area contributed by atoms with Gasteiger partial charge in [0, 0.05) is 0 Å². The Labute approximate surface area is 92.4 Å². The summed E-state index contributed by atoms with van der Waals surface area (Å²) in [6, 6.07) is 0. The molecule has 0 unspecified atom stereocenters. The molecule has 0 aliphatic carbocycles. The monoisotopic (exact) mass is 230 g/mol. The number of rotatable bonds is 1. The van der Waals surface area contributed by atoms with Gasteiger partial charge in [-0.05, 0) is 13.8 Å². The van der Waals surface area contributed by atoms with Crippen molar-refractivity contribution in [1.29, 1.82) is 0 Å². The number of Topliss-reactive ketones (excluding diaryl/α,β-unsaturated/α-hetero) is 1. The summed E-state index contributed by atoms with van der Waals surface area (Å²) in [5.74, 6) is -2.72. The van der Waals surface area contributed by atoms with E-state index in [-0.39, 0.29) is 18.5 Å². The minimum absolute atomic E-state index is 0.243. The fraction of sp³-hybridized carbons (Fsp3) is 0.900. The molecule has 0 aromatic heterocycles. The van der Waals surface area contributed by atoms with Gasteiger partial charge in [-0.1, -0.05) is 0 Å². The second-order valence-corrected chi connectivity index (χ2v) is 4.76. The maximum absolute atomic E-state index is 12.1. The Kier molecular flexibility index (Phi) is 2.01. The van der Waals surface area contributed by atoms with E-state index < -0.39 is 30.4 Å². The van der Waals surface area contributed by atoms with E-state index in [1.807, 2.05) is 0 Å². The number of ketones is 1. The average molecular weight is 230 g/mol. The molecule has 0 aromatic rings. The number of carbonyl (C=O) groups excluding carboxylic acids is 1. The smallest absolute Gasteiger partial charge is 0.256 e. The van der Waals surface area contributed by atoms with Crippen molar-refractivity contribution in [3.63, 3.8) is 0 Å². The molecule has 2 bridgehead atoms. The van der Waals surface area contributed by atoms with Crippen molar-refractivity contribution in [1.82, 2.24) is 0 Å². The average Bonchev–Trinajstić information content (AvgIpc) is 2.76. The minimum atomic E-state index is -1.53. The quantitative estimate of drug-likeness (QED) is 0.635. The third-order valence-corrected chi connectivity index (χ3v) is 3.16. The molecule has 3 rings (SSSR count). The number of aliphatic hydroxyl groups excluding tert-OH is 1. The molecule has 0 aromatic carbocycles. The molecule has 3 fully saturated rings. The Hall–Kier alpha value is -0.530. The topological polar surface area (TPSA) is 74.2 Å². The molecule has 0 amide bonds. The van der Waals surface area contributed by atoms with E-state index in [0.29, 0.717) is 0 Å². The van der Waals surface area contributed by atoms with Gasteiger partial charge in [0.15, 0.2) is 11.9 Å². The number of ether oxygens (including phenoxy) is 4. The van der Waals surface area contributed by atoms with Crippen molar-refractivity contribution in [2.75, 3.05) is 13.2 Å². The highest BCUT2D eigenvalue weighted by molar-refractivity contribution is 5.92. The van der Waals surface area contributed by atoms with Crippen LogP contribution >= 0.6 is 0 Å². The molecule has 6 heteroatoms. The molecule has 0 saturated carbocycles. The number of hydrogen-bond donors (Lipinski definition) is 1. The molecule has 3 heterocycles. The van der Waals surface area contributed by atoms with Crippen LogP contribution in [0.2, 0.25) is 0 Å². The molecule has 0 spiro atoms. The summed E-state index contributed by atoms with van der Waals surface area (Å²) in [7, 11) is 0. The van der Waals surface area contributed by atoms with Gasteiger partial charge >= 0.3 is 0 Å². The van der Waals surface area contributed by atoms with E-state index in [0.717, 1.165) is 0 Å². The van der Waals surface area contributed by atoms with E-state index in [1.54, 1.807) is 13.8 Å². The molecule has 3 aliphatic rings. The van der Waals surface area contributed by atoms with Crippen LogP contribution in [0, 0.1) is 0 Å². The Balaban J connectivity index is 1.95. The van der Waals surface area contributed by atoms with Crippen molar-refractivity contribution in [3.8, 4) is 0 Å². The lowest BCUT2D eigenvalue weighted by atomic mass is 9.97. The molecular weight excluding hydrogens is 216 g/mol. The lowest BCUT2D eigenvalue weighted by molar-refractivity contribution is -0.222. The summed E-state index contributed by atoms with van der Waals surface area (Å²) >= 11 is 0. The van der Waals surface area contributed by atoms with Gasteiger partial charge in [-0.15, -0.1) is 0 Å². The van der Waals surface area contributed by atoms with Crippen molar-refractivity contribution >= 4 is 5.78 Å². The SMILES string of the molecule is CC1(C)O[C@@H]2[C@H]3CO[C@](CO)(O3)C(=O)[C@@H]2O1. The second-order valence-electron chi connectivity index (χ2n) is 4.76. The first-order chi connectivity index (χ1) is 7.47. The van der Waals surface area contributed by atoms with E-state index in [2.05, 4.69) is 0 Å². The normalized spacial score (nSPS) is 49.4. The Morgan fingerprint density at radius 3 is 2.81 bits per heavy atom. The van der Waals surface area contributed by atoms with E-state index in [9.17, 15) is 9.90 Å². The number of aliphatic hydroxyl groups is 1. The predicted molar refractivity (Wildman–Crippen MR) is 49.5 cm³/mol. The first-order valence-corrected chi connectivity index (χ1v) is 5.30. The van der Waals surface area contributed by atoms with Crippen LogP contribution in [0.1, 0.15) is 13.8 Å². The Bertz CT molecular complexity index is 340. The van der Waals surface area contributed by atoms with Crippen molar-refractivity contribution < 1.29 is 28.8 Å². The third kappa shape index (κ3) is 1.22. The van der Waals surface area contributed by atoms with Crippen LogP contribution in [-0.4, -0.2) is 54.0 Å². The zero-order valence-corrected chi connectivity index (χ0v) is 9.13. The Morgan fingerprint density at radius 2 is 2.12 bits per heavy atom. The van der Waals surface area contributed by atoms with E-state index in [4.69, 9.17) is 18.9 Å². The molecule has 0 radical (unpaired) electrons. The summed E-state index contributed by atoms with van der Waals surface area (Å²) < 4.78 is 21.8. The maximum atomic E-state index is 12.1. The van der Waals surface area contributed by atoms with E-state index in [1.165, 1.54) is 0 Å². The fourth-order valence-electron chi connectivity index (χ4n) is 2.46. The molecular formula is C10H14O6. The van der Waals surface area contributed by atoms with Gasteiger partial charge in [0.05, 0.1) is 6.61 Å². The summed E-state index contributed by atoms with van der Waals surface area (Å²) in [4.78, 5) is 12.1. The van der Waals surface area contributed by atoms with Crippen LogP contribution < -0.4 is 0 Å². The molecule has 90 valence electrons. The number of carbonyl (C=O) groups is 1. The second kappa shape index (κ2) is 3.02. The van der Waals surface area contributed by atoms with Gasteiger partial charge in [0.1, 0.15) is 18.8 Å². The Morgan fingerprint density at radius 1 is 1.38 bits per heavy atom. The van der Waals surface area contributed by atoms with Gasteiger partial charge in [0.25, 0.3) is 5.79 Å². The summed E-state index contributed by atoms with van der Waals surface area (Å²) in [5, 5.41) is 9.22. The highest BCUT2D eigenvalue weighted by Crippen LogP contribution is 2.42. The minimum Gasteiger partial charge on any atom is -0.390 e. The lowest BCUT2D eigenvalue weighted by Gasteiger charge is -2.33. The van der Waals surface area contributed by atoms with Gasteiger partial charge in [-0.25, -0.2) is 0 Å². The predicted octanol–water partition coefficient (Wildman–Crippen LogP) is -0.807. The van der Waals surface area contributed by atoms with Crippen LogP contribution in [0.5, 0.6) is 0 Å². The molecule has 3 saturated heterocycles. The first kappa shape index (κ1) is 10.6. The van der Waals surface area contributed by atoms with Crippen molar-refractivity contribution in [2.45, 2.75) is 43.7 Å². The van der Waals surface area contributed by atoms with Crippen LogP contribution in [0.4, 0.5) is 0 Å². The van der Waals surface area contributed by atoms with Crippen LogP contribution in [0.3, 0.4) is 0 Å². The summed E-state index contributed by atoms with van der Waals surface area (Å²) in [6.07, 6.45) is -1.50. The summed E-state index contributed by atoms with van der Waals surface area (Å²) in [5.41, 5.74) is 0. The molecule has 16 heavy (non-hydrogen) atoms. The zero-order chi connectivity index (χ0) is 11.6. The largest absolute Gasteiger partial charge is 0.390 e. The van der Waals surface area contributed by atoms with Crippen LogP contribution in [0.15, 0.2) is 0 Å². The standard InChI is InChI=1S/C10H14O6/c1-9(2)15-6-5-3-13-10(4-11,14-5)8(12)7(6)16-9/h5-7,11H,3-4H2,1-2H3/t5-,6-,7-,10-/m1/s1. The van der Waals surface area contributed by atoms with Gasteiger partial charge in [-0.3, -0.25) is 4.79 Å². The number of hydrogen-bond acceptors (Lipinski definition) is 6. The van der Waals surface area contributed by atoms with Gasteiger partial charge in [-0.2, -0.15) is 0 Å². The third-order valence-electron chi connectivity index (χ3n) is 3.16. The van der Waals surface area contributed by atoms with Gasteiger partial charge in [0.2, 0.25) is 5.78 Å². The molecule has 4 atom stereocenters. The molecule has 3 aliphatic heterocycles. The number of fused-ring (bicyclic) bond motifs is 4. The first-order valence-electron chi connectivity index (χ1n) is 5.30. The lowest BCUT2D eigenvalue weighted by Crippen LogP contribution is -2.58. The highest BCUT2D eigenvalue weighted by Gasteiger charge is 2.64. The van der Waals surface area contributed by atoms with Crippen LogP contribution in [0.25, 0.3) is 0 Å². The van der Waals surface area contributed by atoms with Gasteiger partial charge < -0.3 is 24.1 Å². The van der Waals surface area contributed by atoms with Crippen LogP contribution in [-0.2, 0) is 23.7 Å². The highest BCUT2D eigenvalue weighted by atomic mass is 16.8.